The maximum atomic E-state index is 13.1. The van der Waals surface area contributed by atoms with E-state index in [1.54, 1.807) is 0 Å². The fourth-order valence-electron chi connectivity index (χ4n) is 3.13. The van der Waals surface area contributed by atoms with E-state index in [0.717, 1.165) is 24.8 Å². The van der Waals surface area contributed by atoms with Gasteiger partial charge >= 0.3 is 0 Å². The maximum absolute atomic E-state index is 13.1. The Balaban J connectivity index is 2.15. The van der Waals surface area contributed by atoms with Gasteiger partial charge in [0, 0.05) is 25.7 Å². The number of rotatable bonds is 6. The summed E-state index contributed by atoms with van der Waals surface area (Å²) >= 11 is 0. The third kappa shape index (κ3) is 4.80. The second kappa shape index (κ2) is 8.12. The second-order valence-corrected chi connectivity index (χ2v) is 8.65. The molecule has 1 aliphatic rings. The molecule has 1 aromatic rings. The van der Waals surface area contributed by atoms with Gasteiger partial charge < -0.3 is 4.90 Å². The van der Waals surface area contributed by atoms with E-state index in [0.29, 0.717) is 19.6 Å². The van der Waals surface area contributed by atoms with Crippen LogP contribution in [0.4, 0.5) is 0 Å². The summed E-state index contributed by atoms with van der Waals surface area (Å²) in [4.78, 5) is 15.0. The van der Waals surface area contributed by atoms with Gasteiger partial charge in [0.15, 0.2) is 0 Å². The number of hydrogen-bond donors (Lipinski definition) is 0. The molecule has 1 fully saturated rings. The SMILES string of the molecule is CCC(C)N(Cc1ccccc1)C(=O)C1CCCN(S(C)(=O)=O)C1. The first kappa shape index (κ1) is 18.9. The smallest absolute Gasteiger partial charge is 0.227 e. The molecule has 24 heavy (non-hydrogen) atoms. The molecule has 0 N–H and O–H groups in total. The van der Waals surface area contributed by atoms with E-state index in [-0.39, 0.29) is 17.9 Å². The molecule has 134 valence electrons. The van der Waals surface area contributed by atoms with Crippen LogP contribution in [0.5, 0.6) is 0 Å². The molecule has 0 saturated carbocycles. The average Bonchev–Trinajstić information content (AvgIpc) is 2.58. The highest BCUT2D eigenvalue weighted by atomic mass is 32.2. The summed E-state index contributed by atoms with van der Waals surface area (Å²) in [5.74, 6) is -0.173. The van der Waals surface area contributed by atoms with E-state index >= 15 is 0 Å². The van der Waals surface area contributed by atoms with Crippen molar-refractivity contribution in [3.05, 3.63) is 35.9 Å². The minimum Gasteiger partial charge on any atom is -0.335 e. The van der Waals surface area contributed by atoms with E-state index in [1.807, 2.05) is 35.2 Å². The Labute approximate surface area is 145 Å². The van der Waals surface area contributed by atoms with Gasteiger partial charge in [0.25, 0.3) is 0 Å². The second-order valence-electron chi connectivity index (χ2n) is 6.67. The Bertz CT molecular complexity index is 645. The topological polar surface area (TPSA) is 57.7 Å². The van der Waals surface area contributed by atoms with Crippen molar-refractivity contribution in [1.29, 1.82) is 0 Å². The van der Waals surface area contributed by atoms with Gasteiger partial charge in [-0.15, -0.1) is 0 Å². The zero-order valence-electron chi connectivity index (χ0n) is 14.8. The standard InChI is InChI=1S/C18H28N2O3S/c1-4-15(2)20(13-16-9-6-5-7-10-16)18(21)17-11-8-12-19(14-17)24(3,22)23/h5-7,9-10,15,17H,4,8,11-14H2,1-3H3. The largest absolute Gasteiger partial charge is 0.335 e. The lowest BCUT2D eigenvalue weighted by molar-refractivity contribution is -0.139. The van der Waals surface area contributed by atoms with E-state index in [1.165, 1.54) is 10.6 Å². The van der Waals surface area contributed by atoms with Gasteiger partial charge in [-0.25, -0.2) is 12.7 Å². The highest BCUT2D eigenvalue weighted by Crippen LogP contribution is 2.23. The average molecular weight is 353 g/mol. The number of amides is 1. The minimum absolute atomic E-state index is 0.0709. The van der Waals surface area contributed by atoms with E-state index < -0.39 is 10.0 Å². The van der Waals surface area contributed by atoms with Crippen LogP contribution >= 0.6 is 0 Å². The number of nitrogens with zero attached hydrogens (tertiary/aromatic N) is 2. The summed E-state index contributed by atoms with van der Waals surface area (Å²) in [6.07, 6.45) is 3.59. The van der Waals surface area contributed by atoms with Crippen LogP contribution in [0.25, 0.3) is 0 Å². The van der Waals surface area contributed by atoms with Gasteiger partial charge in [0.2, 0.25) is 15.9 Å². The molecule has 1 aliphatic heterocycles. The van der Waals surface area contributed by atoms with Crippen LogP contribution in [0.1, 0.15) is 38.7 Å². The van der Waals surface area contributed by atoms with Gasteiger partial charge in [-0.05, 0) is 31.7 Å². The summed E-state index contributed by atoms with van der Waals surface area (Å²) in [7, 11) is -3.24. The molecule has 1 aromatic carbocycles. The highest BCUT2D eigenvalue weighted by Gasteiger charge is 2.33. The molecule has 1 saturated heterocycles. The quantitative estimate of drug-likeness (QED) is 0.790. The first-order valence-electron chi connectivity index (χ1n) is 8.62. The number of benzene rings is 1. The van der Waals surface area contributed by atoms with Crippen LogP contribution in [0, 0.1) is 5.92 Å². The molecule has 0 aromatic heterocycles. The van der Waals surface area contributed by atoms with Crippen molar-refractivity contribution < 1.29 is 13.2 Å². The summed E-state index contributed by atoms with van der Waals surface area (Å²) in [5.41, 5.74) is 1.10. The molecule has 0 bridgehead atoms. The molecule has 6 heteroatoms. The van der Waals surface area contributed by atoms with Crippen molar-refractivity contribution in [2.24, 2.45) is 5.92 Å². The van der Waals surface area contributed by atoms with Crippen molar-refractivity contribution in [3.63, 3.8) is 0 Å². The zero-order chi connectivity index (χ0) is 17.7. The number of piperidine rings is 1. The van der Waals surface area contributed by atoms with Gasteiger partial charge in [0.05, 0.1) is 12.2 Å². The fourth-order valence-corrected chi connectivity index (χ4v) is 4.04. The van der Waals surface area contributed by atoms with Crippen LogP contribution in [-0.4, -0.2) is 48.9 Å². The molecule has 0 aliphatic carbocycles. The van der Waals surface area contributed by atoms with Crippen LogP contribution in [0.2, 0.25) is 0 Å². The zero-order valence-corrected chi connectivity index (χ0v) is 15.6. The molecule has 2 atom stereocenters. The number of carbonyl (C=O) groups is 1. The third-order valence-corrected chi connectivity index (χ3v) is 6.07. The first-order valence-corrected chi connectivity index (χ1v) is 10.5. The molecule has 1 amide bonds. The molecule has 0 spiro atoms. The third-order valence-electron chi connectivity index (χ3n) is 4.80. The van der Waals surface area contributed by atoms with Crippen LogP contribution in [0.15, 0.2) is 30.3 Å². The molecular weight excluding hydrogens is 324 g/mol. The highest BCUT2D eigenvalue weighted by molar-refractivity contribution is 7.88. The lowest BCUT2D eigenvalue weighted by Gasteiger charge is -2.36. The Hall–Kier alpha value is -1.40. The van der Waals surface area contributed by atoms with Crippen molar-refractivity contribution in [1.82, 2.24) is 9.21 Å². The molecule has 5 nitrogen and oxygen atoms in total. The van der Waals surface area contributed by atoms with Crippen molar-refractivity contribution >= 4 is 15.9 Å². The monoisotopic (exact) mass is 352 g/mol. The molecule has 2 rings (SSSR count). The lowest BCUT2D eigenvalue weighted by Crippen LogP contribution is -2.48. The van der Waals surface area contributed by atoms with Gasteiger partial charge in [-0.1, -0.05) is 37.3 Å². The predicted octanol–water partition coefficient (Wildman–Crippen LogP) is 2.49. The number of sulfonamides is 1. The minimum atomic E-state index is -3.24. The Morgan fingerprint density at radius 2 is 2.00 bits per heavy atom. The van der Waals surface area contributed by atoms with Crippen molar-refractivity contribution in [3.8, 4) is 0 Å². The Morgan fingerprint density at radius 1 is 1.33 bits per heavy atom. The Morgan fingerprint density at radius 3 is 2.58 bits per heavy atom. The van der Waals surface area contributed by atoms with Crippen molar-refractivity contribution in [2.75, 3.05) is 19.3 Å². The van der Waals surface area contributed by atoms with E-state index in [2.05, 4.69) is 13.8 Å². The van der Waals surface area contributed by atoms with Crippen LogP contribution in [0.3, 0.4) is 0 Å². The summed E-state index contributed by atoms with van der Waals surface area (Å²) < 4.78 is 25.1. The van der Waals surface area contributed by atoms with Crippen molar-refractivity contribution in [2.45, 2.75) is 45.7 Å². The van der Waals surface area contributed by atoms with Gasteiger partial charge in [-0.2, -0.15) is 0 Å². The van der Waals surface area contributed by atoms with E-state index in [4.69, 9.17) is 0 Å². The maximum Gasteiger partial charge on any atom is 0.227 e. The fraction of sp³-hybridized carbons (Fsp3) is 0.611. The molecule has 2 unspecified atom stereocenters. The number of hydrogen-bond acceptors (Lipinski definition) is 3. The van der Waals surface area contributed by atoms with Crippen LogP contribution < -0.4 is 0 Å². The van der Waals surface area contributed by atoms with Crippen LogP contribution in [-0.2, 0) is 21.4 Å². The molecular formula is C18H28N2O3S. The summed E-state index contributed by atoms with van der Waals surface area (Å²) in [6.45, 7) is 5.52. The lowest BCUT2D eigenvalue weighted by atomic mass is 9.96. The summed E-state index contributed by atoms with van der Waals surface area (Å²) in [6, 6.07) is 10.1. The first-order chi connectivity index (χ1) is 11.3. The predicted molar refractivity (Wildman–Crippen MR) is 95.9 cm³/mol. The summed E-state index contributed by atoms with van der Waals surface area (Å²) in [5, 5.41) is 0. The molecule has 0 radical (unpaired) electrons. The molecule has 1 heterocycles. The van der Waals surface area contributed by atoms with Gasteiger partial charge in [0.1, 0.15) is 0 Å². The Kier molecular flexibility index (Phi) is 6.40. The van der Waals surface area contributed by atoms with E-state index in [9.17, 15) is 13.2 Å². The number of carbonyl (C=O) groups excluding carboxylic acids is 1. The normalized spacial score (nSPS) is 20.5. The van der Waals surface area contributed by atoms with Gasteiger partial charge in [-0.3, -0.25) is 4.79 Å².